The quantitative estimate of drug-likeness (QED) is 0.721. The third kappa shape index (κ3) is 4.34. The number of unbranched alkanes of at least 4 members (excludes halogenated alkanes) is 2. The molecule has 0 aliphatic rings. The minimum Gasteiger partial charge on any atom is -0.479 e. The van der Waals surface area contributed by atoms with Gasteiger partial charge in [-0.2, -0.15) is 0 Å². The fourth-order valence-electron chi connectivity index (χ4n) is 1.48. The first-order chi connectivity index (χ1) is 7.74. The van der Waals surface area contributed by atoms with Crippen molar-refractivity contribution in [2.75, 3.05) is 0 Å². The lowest BCUT2D eigenvalue weighted by atomic mass is 10.1. The van der Waals surface area contributed by atoms with E-state index in [2.05, 4.69) is 6.92 Å². The van der Waals surface area contributed by atoms with E-state index in [0.29, 0.717) is 12.2 Å². The van der Waals surface area contributed by atoms with Crippen molar-refractivity contribution in [2.24, 2.45) is 0 Å². The molecule has 0 bridgehead atoms. The second kappa shape index (κ2) is 6.88. The first-order valence-corrected chi connectivity index (χ1v) is 5.68. The molecule has 0 aliphatic heterocycles. The number of carboxylic acids is 1. The summed E-state index contributed by atoms with van der Waals surface area (Å²) in [6.07, 6.45) is 2.85. The number of para-hydroxylation sites is 1. The monoisotopic (exact) mass is 222 g/mol. The van der Waals surface area contributed by atoms with Gasteiger partial charge in [-0.15, -0.1) is 0 Å². The third-order valence-electron chi connectivity index (χ3n) is 2.37. The molecule has 0 aliphatic carbocycles. The van der Waals surface area contributed by atoms with Crippen LogP contribution in [0.1, 0.15) is 32.6 Å². The largest absolute Gasteiger partial charge is 0.479 e. The first kappa shape index (κ1) is 12.6. The van der Waals surface area contributed by atoms with E-state index in [1.54, 1.807) is 12.1 Å². The lowest BCUT2D eigenvalue weighted by molar-refractivity contribution is -0.145. The normalized spacial score (nSPS) is 12.1. The van der Waals surface area contributed by atoms with Crippen LogP contribution in [-0.4, -0.2) is 17.2 Å². The Morgan fingerprint density at radius 1 is 1.31 bits per heavy atom. The van der Waals surface area contributed by atoms with Crippen LogP contribution in [0.2, 0.25) is 0 Å². The van der Waals surface area contributed by atoms with E-state index in [4.69, 9.17) is 9.84 Å². The van der Waals surface area contributed by atoms with Gasteiger partial charge in [-0.05, 0) is 25.0 Å². The summed E-state index contributed by atoms with van der Waals surface area (Å²) in [5.41, 5.74) is 0. The summed E-state index contributed by atoms with van der Waals surface area (Å²) in [7, 11) is 0. The smallest absolute Gasteiger partial charge is 0.344 e. The summed E-state index contributed by atoms with van der Waals surface area (Å²) in [6.45, 7) is 2.09. The molecule has 0 saturated carbocycles. The van der Waals surface area contributed by atoms with Crippen molar-refractivity contribution < 1.29 is 14.6 Å². The van der Waals surface area contributed by atoms with E-state index < -0.39 is 12.1 Å². The molecule has 0 radical (unpaired) electrons. The molecule has 1 atom stereocenters. The lowest BCUT2D eigenvalue weighted by Gasteiger charge is -2.14. The van der Waals surface area contributed by atoms with Gasteiger partial charge in [0.1, 0.15) is 5.75 Å². The van der Waals surface area contributed by atoms with Crippen molar-refractivity contribution in [3.63, 3.8) is 0 Å². The molecule has 0 heterocycles. The van der Waals surface area contributed by atoms with Crippen molar-refractivity contribution in [3.8, 4) is 5.75 Å². The standard InChI is InChI=1S/C13H18O3/c1-2-3-5-10-12(13(14)15)16-11-8-6-4-7-9-11/h4,6-9,12H,2-3,5,10H2,1H3,(H,14,15). The maximum Gasteiger partial charge on any atom is 0.344 e. The highest BCUT2D eigenvalue weighted by Gasteiger charge is 2.18. The number of aliphatic carboxylic acids is 1. The molecule has 1 N–H and O–H groups in total. The summed E-state index contributed by atoms with van der Waals surface area (Å²) in [4.78, 5) is 11.0. The number of carbonyl (C=O) groups is 1. The zero-order valence-electron chi connectivity index (χ0n) is 9.56. The van der Waals surface area contributed by atoms with E-state index in [9.17, 15) is 4.79 Å². The molecule has 0 spiro atoms. The van der Waals surface area contributed by atoms with Gasteiger partial charge < -0.3 is 9.84 Å². The summed E-state index contributed by atoms with van der Waals surface area (Å²) in [5.74, 6) is -0.272. The Morgan fingerprint density at radius 2 is 2.00 bits per heavy atom. The Hall–Kier alpha value is -1.51. The number of hydrogen-bond donors (Lipinski definition) is 1. The minimum absolute atomic E-state index is 0.568. The van der Waals surface area contributed by atoms with Gasteiger partial charge in [-0.25, -0.2) is 4.79 Å². The molecule has 0 fully saturated rings. The van der Waals surface area contributed by atoms with E-state index in [1.165, 1.54) is 0 Å². The van der Waals surface area contributed by atoms with Gasteiger partial charge in [0.2, 0.25) is 0 Å². The van der Waals surface area contributed by atoms with Crippen LogP contribution < -0.4 is 4.74 Å². The maximum absolute atomic E-state index is 11.0. The van der Waals surface area contributed by atoms with Crippen LogP contribution >= 0.6 is 0 Å². The van der Waals surface area contributed by atoms with Crippen LogP contribution in [0.25, 0.3) is 0 Å². The highest BCUT2D eigenvalue weighted by atomic mass is 16.5. The number of ether oxygens (including phenoxy) is 1. The Morgan fingerprint density at radius 3 is 2.56 bits per heavy atom. The van der Waals surface area contributed by atoms with Gasteiger partial charge in [-0.3, -0.25) is 0 Å². The van der Waals surface area contributed by atoms with Gasteiger partial charge in [0, 0.05) is 0 Å². The van der Waals surface area contributed by atoms with Crippen LogP contribution in [0.15, 0.2) is 30.3 Å². The molecular weight excluding hydrogens is 204 g/mol. The average Bonchev–Trinajstić information content (AvgIpc) is 2.29. The summed E-state index contributed by atoms with van der Waals surface area (Å²) >= 11 is 0. The Labute approximate surface area is 96.1 Å². The van der Waals surface area contributed by atoms with Crippen molar-refractivity contribution in [1.82, 2.24) is 0 Å². The van der Waals surface area contributed by atoms with Crippen LogP contribution in [0, 0.1) is 0 Å². The van der Waals surface area contributed by atoms with Crippen LogP contribution in [0.5, 0.6) is 5.75 Å². The second-order valence-corrected chi connectivity index (χ2v) is 3.75. The number of carboxylic acid groups (broad SMARTS) is 1. The zero-order chi connectivity index (χ0) is 11.8. The number of benzene rings is 1. The summed E-state index contributed by atoms with van der Waals surface area (Å²) in [5, 5.41) is 9.01. The predicted molar refractivity (Wildman–Crippen MR) is 62.6 cm³/mol. The molecule has 1 aromatic rings. The Bertz CT molecular complexity index is 308. The molecule has 1 aromatic carbocycles. The van der Waals surface area contributed by atoms with Gasteiger partial charge in [0.05, 0.1) is 0 Å². The molecule has 0 saturated heterocycles. The average molecular weight is 222 g/mol. The first-order valence-electron chi connectivity index (χ1n) is 5.68. The number of hydrogen-bond acceptors (Lipinski definition) is 2. The molecule has 1 rings (SSSR count). The fourth-order valence-corrected chi connectivity index (χ4v) is 1.48. The van der Waals surface area contributed by atoms with Gasteiger partial charge in [0.25, 0.3) is 0 Å². The summed E-state index contributed by atoms with van der Waals surface area (Å²) in [6, 6.07) is 9.09. The highest BCUT2D eigenvalue weighted by Crippen LogP contribution is 2.14. The van der Waals surface area contributed by atoms with Crippen molar-refractivity contribution in [3.05, 3.63) is 30.3 Å². The SMILES string of the molecule is CCCCCC(Oc1ccccc1)C(=O)O. The molecule has 0 amide bonds. The van der Waals surface area contributed by atoms with Crippen molar-refractivity contribution in [1.29, 1.82) is 0 Å². The minimum atomic E-state index is -0.889. The predicted octanol–water partition coefficient (Wildman–Crippen LogP) is 3.10. The van der Waals surface area contributed by atoms with E-state index in [0.717, 1.165) is 19.3 Å². The highest BCUT2D eigenvalue weighted by molar-refractivity contribution is 5.72. The Kier molecular flexibility index (Phi) is 5.40. The van der Waals surface area contributed by atoms with Crippen molar-refractivity contribution >= 4 is 5.97 Å². The summed E-state index contributed by atoms with van der Waals surface area (Å²) < 4.78 is 5.42. The second-order valence-electron chi connectivity index (χ2n) is 3.75. The molecule has 1 unspecified atom stereocenters. The fraction of sp³-hybridized carbons (Fsp3) is 0.462. The van der Waals surface area contributed by atoms with Crippen LogP contribution in [-0.2, 0) is 4.79 Å². The van der Waals surface area contributed by atoms with Crippen LogP contribution in [0.4, 0.5) is 0 Å². The lowest BCUT2D eigenvalue weighted by Crippen LogP contribution is -2.26. The van der Waals surface area contributed by atoms with E-state index in [-0.39, 0.29) is 0 Å². The third-order valence-corrected chi connectivity index (χ3v) is 2.37. The van der Waals surface area contributed by atoms with E-state index >= 15 is 0 Å². The number of rotatable bonds is 7. The van der Waals surface area contributed by atoms with Gasteiger partial charge >= 0.3 is 5.97 Å². The zero-order valence-corrected chi connectivity index (χ0v) is 9.56. The topological polar surface area (TPSA) is 46.5 Å². The molecule has 88 valence electrons. The van der Waals surface area contributed by atoms with E-state index in [1.807, 2.05) is 18.2 Å². The van der Waals surface area contributed by atoms with Gasteiger partial charge in [0.15, 0.2) is 6.10 Å². The molecule has 3 nitrogen and oxygen atoms in total. The molecular formula is C13H18O3. The molecule has 16 heavy (non-hydrogen) atoms. The van der Waals surface area contributed by atoms with Crippen molar-refractivity contribution in [2.45, 2.75) is 38.7 Å². The van der Waals surface area contributed by atoms with Gasteiger partial charge in [-0.1, -0.05) is 38.0 Å². The molecule has 3 heteroatoms. The molecule has 0 aromatic heterocycles. The van der Waals surface area contributed by atoms with Crippen LogP contribution in [0.3, 0.4) is 0 Å². The Balaban J connectivity index is 2.48. The maximum atomic E-state index is 11.0.